The normalized spacial score (nSPS) is 26.5. The van der Waals surface area contributed by atoms with Crippen molar-refractivity contribution < 1.29 is 9.32 Å². The molecule has 0 bridgehead atoms. The predicted molar refractivity (Wildman–Crippen MR) is 82.3 cm³/mol. The Labute approximate surface area is 131 Å². The molecule has 0 N–H and O–H groups in total. The third-order valence-corrected chi connectivity index (χ3v) is 4.91. The summed E-state index contributed by atoms with van der Waals surface area (Å²) in [5.74, 6) is 1.67. The van der Waals surface area contributed by atoms with Crippen LogP contribution >= 0.6 is 0 Å². The summed E-state index contributed by atoms with van der Waals surface area (Å²) in [5.41, 5.74) is 0. The zero-order valence-corrected chi connectivity index (χ0v) is 13.6. The van der Waals surface area contributed by atoms with Crippen LogP contribution in [0.1, 0.15) is 63.7 Å². The maximum atomic E-state index is 12.6. The summed E-state index contributed by atoms with van der Waals surface area (Å²) < 4.78 is 5.23. The van der Waals surface area contributed by atoms with Gasteiger partial charge in [-0.15, -0.1) is 0 Å². The Hall–Kier alpha value is -1.43. The Kier molecular flexibility index (Phi) is 4.76. The highest BCUT2D eigenvalue weighted by Crippen LogP contribution is 2.30. The molecule has 3 rings (SSSR count). The average Bonchev–Trinajstić information content (AvgIpc) is 3.15. The molecule has 0 aromatic carbocycles. The predicted octanol–water partition coefficient (Wildman–Crippen LogP) is 2.17. The number of rotatable bonds is 4. The van der Waals surface area contributed by atoms with Crippen LogP contribution in [0.4, 0.5) is 0 Å². The molecule has 1 aromatic heterocycles. The minimum Gasteiger partial charge on any atom is -0.339 e. The van der Waals surface area contributed by atoms with Gasteiger partial charge in [0.2, 0.25) is 11.8 Å². The third-order valence-electron chi connectivity index (χ3n) is 4.91. The summed E-state index contributed by atoms with van der Waals surface area (Å²) in [6, 6.07) is 0.507. The fourth-order valence-corrected chi connectivity index (χ4v) is 3.59. The van der Waals surface area contributed by atoms with Crippen molar-refractivity contribution in [2.75, 3.05) is 19.6 Å². The molecule has 122 valence electrons. The molecule has 6 nitrogen and oxygen atoms in total. The van der Waals surface area contributed by atoms with Crippen molar-refractivity contribution in [3.05, 3.63) is 11.7 Å². The monoisotopic (exact) mass is 306 g/mol. The van der Waals surface area contributed by atoms with Crippen molar-refractivity contribution in [1.29, 1.82) is 0 Å². The Morgan fingerprint density at radius 1 is 1.27 bits per heavy atom. The van der Waals surface area contributed by atoms with Crippen molar-refractivity contribution in [3.8, 4) is 0 Å². The number of carbonyl (C=O) groups is 1. The van der Waals surface area contributed by atoms with Crippen LogP contribution in [0, 0.1) is 0 Å². The van der Waals surface area contributed by atoms with Crippen LogP contribution in [0.2, 0.25) is 0 Å². The number of amides is 1. The second-order valence-corrected chi connectivity index (χ2v) is 6.46. The first-order valence-electron chi connectivity index (χ1n) is 8.55. The lowest BCUT2D eigenvalue weighted by atomic mass is 10.0. The van der Waals surface area contributed by atoms with Crippen molar-refractivity contribution >= 4 is 5.91 Å². The van der Waals surface area contributed by atoms with Gasteiger partial charge in [0.25, 0.3) is 0 Å². The molecule has 2 aliphatic heterocycles. The maximum Gasteiger partial charge on any atom is 0.237 e. The van der Waals surface area contributed by atoms with Gasteiger partial charge in [-0.1, -0.05) is 12.1 Å². The van der Waals surface area contributed by atoms with E-state index in [0.717, 1.165) is 51.0 Å². The number of aryl methyl sites for hydroxylation is 1. The molecule has 0 radical (unpaired) electrons. The van der Waals surface area contributed by atoms with Gasteiger partial charge in [0.15, 0.2) is 5.82 Å². The van der Waals surface area contributed by atoms with Gasteiger partial charge in [0, 0.05) is 19.0 Å². The Balaban J connectivity index is 1.64. The smallest absolute Gasteiger partial charge is 0.237 e. The third kappa shape index (κ3) is 3.16. The van der Waals surface area contributed by atoms with Crippen LogP contribution in [0.25, 0.3) is 0 Å². The average molecular weight is 306 g/mol. The quantitative estimate of drug-likeness (QED) is 0.853. The Bertz CT molecular complexity index is 516. The van der Waals surface area contributed by atoms with Gasteiger partial charge in [-0.2, -0.15) is 4.98 Å². The minimum atomic E-state index is 0.132. The Morgan fingerprint density at radius 3 is 2.86 bits per heavy atom. The fourth-order valence-electron chi connectivity index (χ4n) is 3.59. The van der Waals surface area contributed by atoms with E-state index in [1.165, 1.54) is 6.42 Å². The molecule has 3 heterocycles. The molecule has 2 fully saturated rings. The summed E-state index contributed by atoms with van der Waals surface area (Å²) in [7, 11) is 0. The molecule has 22 heavy (non-hydrogen) atoms. The summed E-state index contributed by atoms with van der Waals surface area (Å²) in [5, 5.41) is 4.10. The van der Waals surface area contributed by atoms with Gasteiger partial charge in [0.1, 0.15) is 0 Å². The lowest BCUT2D eigenvalue weighted by Crippen LogP contribution is -2.46. The van der Waals surface area contributed by atoms with Crippen molar-refractivity contribution in [3.63, 3.8) is 0 Å². The molecular weight excluding hydrogens is 280 g/mol. The first kappa shape index (κ1) is 15.5. The van der Waals surface area contributed by atoms with Crippen molar-refractivity contribution in [2.24, 2.45) is 0 Å². The highest BCUT2D eigenvalue weighted by Gasteiger charge is 2.33. The SMILES string of the molecule is CCc1nc(C2CCCN2CC(=O)N2CCCCC2C)no1. The van der Waals surface area contributed by atoms with Gasteiger partial charge in [0.05, 0.1) is 12.6 Å². The van der Waals surface area contributed by atoms with E-state index in [4.69, 9.17) is 4.52 Å². The van der Waals surface area contributed by atoms with Gasteiger partial charge in [-0.25, -0.2) is 0 Å². The van der Waals surface area contributed by atoms with Crippen molar-refractivity contribution in [2.45, 2.75) is 64.5 Å². The molecule has 2 unspecified atom stereocenters. The molecule has 0 saturated carbocycles. The fraction of sp³-hybridized carbons (Fsp3) is 0.812. The van der Waals surface area contributed by atoms with E-state index < -0.39 is 0 Å². The highest BCUT2D eigenvalue weighted by atomic mass is 16.5. The zero-order valence-electron chi connectivity index (χ0n) is 13.6. The molecule has 1 aromatic rings. The molecule has 1 amide bonds. The van der Waals surface area contributed by atoms with Crippen LogP contribution in [0.5, 0.6) is 0 Å². The van der Waals surface area contributed by atoms with E-state index in [0.29, 0.717) is 18.5 Å². The molecular formula is C16H26N4O2. The number of piperidine rings is 1. The molecule has 6 heteroatoms. The van der Waals surface area contributed by atoms with Crippen LogP contribution < -0.4 is 0 Å². The number of nitrogens with zero attached hydrogens (tertiary/aromatic N) is 4. The van der Waals surface area contributed by atoms with Gasteiger partial charge in [-0.05, 0) is 45.6 Å². The number of hydrogen-bond donors (Lipinski definition) is 0. The van der Waals surface area contributed by atoms with Crippen LogP contribution in [0.15, 0.2) is 4.52 Å². The van der Waals surface area contributed by atoms with Gasteiger partial charge < -0.3 is 9.42 Å². The topological polar surface area (TPSA) is 62.5 Å². The minimum absolute atomic E-state index is 0.132. The van der Waals surface area contributed by atoms with Crippen LogP contribution in [-0.4, -0.2) is 51.5 Å². The maximum absolute atomic E-state index is 12.6. The number of likely N-dealkylation sites (tertiary alicyclic amines) is 2. The lowest BCUT2D eigenvalue weighted by Gasteiger charge is -2.35. The molecule has 2 saturated heterocycles. The second-order valence-electron chi connectivity index (χ2n) is 6.46. The largest absolute Gasteiger partial charge is 0.339 e. The summed E-state index contributed by atoms with van der Waals surface area (Å²) in [4.78, 5) is 21.3. The van der Waals surface area contributed by atoms with Crippen molar-refractivity contribution in [1.82, 2.24) is 19.9 Å². The Morgan fingerprint density at radius 2 is 2.14 bits per heavy atom. The van der Waals surface area contributed by atoms with Crippen LogP contribution in [0.3, 0.4) is 0 Å². The number of hydrogen-bond acceptors (Lipinski definition) is 5. The highest BCUT2D eigenvalue weighted by molar-refractivity contribution is 5.78. The van der Waals surface area contributed by atoms with Crippen LogP contribution in [-0.2, 0) is 11.2 Å². The van der Waals surface area contributed by atoms with Gasteiger partial charge >= 0.3 is 0 Å². The van der Waals surface area contributed by atoms with E-state index in [1.807, 2.05) is 11.8 Å². The van der Waals surface area contributed by atoms with E-state index in [2.05, 4.69) is 22.0 Å². The zero-order chi connectivity index (χ0) is 15.5. The van der Waals surface area contributed by atoms with E-state index >= 15 is 0 Å². The number of aromatic nitrogens is 2. The summed E-state index contributed by atoms with van der Waals surface area (Å²) >= 11 is 0. The van der Waals surface area contributed by atoms with E-state index in [9.17, 15) is 4.79 Å². The summed E-state index contributed by atoms with van der Waals surface area (Å²) in [6.07, 6.45) is 6.34. The summed E-state index contributed by atoms with van der Waals surface area (Å²) in [6.45, 7) is 6.48. The molecule has 2 atom stereocenters. The second kappa shape index (κ2) is 6.77. The van der Waals surface area contributed by atoms with E-state index in [1.54, 1.807) is 0 Å². The van der Waals surface area contributed by atoms with E-state index in [-0.39, 0.29) is 11.9 Å². The number of carbonyl (C=O) groups excluding carboxylic acids is 1. The first-order chi connectivity index (χ1) is 10.7. The van der Waals surface area contributed by atoms with Gasteiger partial charge in [-0.3, -0.25) is 9.69 Å². The molecule has 2 aliphatic rings. The molecule has 0 spiro atoms. The lowest BCUT2D eigenvalue weighted by molar-refractivity contribution is -0.135. The standard InChI is InChI=1S/C16H26N4O2/c1-3-14-17-16(18-22-14)13-8-6-9-19(13)11-15(21)20-10-5-4-7-12(20)2/h12-13H,3-11H2,1-2H3. The molecule has 0 aliphatic carbocycles. The first-order valence-corrected chi connectivity index (χ1v) is 8.55.